The smallest absolute Gasteiger partial charge is 0.179 e. The van der Waals surface area contributed by atoms with Crippen molar-refractivity contribution >= 4 is 23.4 Å². The van der Waals surface area contributed by atoms with Crippen LogP contribution in [0, 0.1) is 23.5 Å². The summed E-state index contributed by atoms with van der Waals surface area (Å²) in [6.45, 7) is 5.11. The number of nitrogens with zero attached hydrogens (tertiary/aromatic N) is 3. The molecule has 2 aromatic heterocycles. The fourth-order valence-electron chi connectivity index (χ4n) is 4.28. The topological polar surface area (TPSA) is 38.5 Å². The summed E-state index contributed by atoms with van der Waals surface area (Å²) in [5.41, 5.74) is 3.40. The molecule has 0 aromatic carbocycles. The van der Waals surface area contributed by atoms with Crippen molar-refractivity contribution in [1.82, 2.24) is 19.3 Å². The van der Waals surface area contributed by atoms with Crippen molar-refractivity contribution in [3.05, 3.63) is 10.5 Å². The van der Waals surface area contributed by atoms with Crippen LogP contribution in [0.3, 0.4) is 0 Å². The molecule has 1 N–H and O–H groups in total. The van der Waals surface area contributed by atoms with Gasteiger partial charge in [0.05, 0.1) is 5.69 Å². The second-order valence-electron chi connectivity index (χ2n) is 6.14. The summed E-state index contributed by atoms with van der Waals surface area (Å²) in [5, 5.41) is 4.62. The lowest BCUT2D eigenvalue weighted by Gasteiger charge is -2.23. The minimum absolute atomic E-state index is 0.599. The molecule has 2 aliphatic carbocycles. The van der Waals surface area contributed by atoms with Crippen molar-refractivity contribution < 1.29 is 0 Å². The summed E-state index contributed by atoms with van der Waals surface area (Å²) in [4.78, 5) is 3.38. The van der Waals surface area contributed by atoms with Crippen LogP contribution in [0.4, 0.5) is 0 Å². The summed E-state index contributed by atoms with van der Waals surface area (Å²) in [6, 6.07) is 0.599. The van der Waals surface area contributed by atoms with Crippen molar-refractivity contribution in [3.63, 3.8) is 0 Å². The highest BCUT2D eigenvalue weighted by molar-refractivity contribution is 7.71. The normalized spacial score (nSPS) is 29.7. The van der Waals surface area contributed by atoms with Crippen molar-refractivity contribution in [1.29, 1.82) is 0 Å². The molecular formula is C14H20N4S. The fraction of sp³-hybridized carbons (Fsp3) is 0.714. The van der Waals surface area contributed by atoms with Gasteiger partial charge in [-0.1, -0.05) is 6.42 Å². The van der Waals surface area contributed by atoms with E-state index >= 15 is 0 Å². The van der Waals surface area contributed by atoms with Gasteiger partial charge in [-0.2, -0.15) is 5.10 Å². The van der Waals surface area contributed by atoms with Gasteiger partial charge in [-0.3, -0.25) is 4.57 Å². The van der Waals surface area contributed by atoms with E-state index in [1.165, 1.54) is 31.3 Å². The Hall–Kier alpha value is -1.10. The number of aryl methyl sites for hydroxylation is 2. The van der Waals surface area contributed by atoms with Crippen molar-refractivity contribution in [3.8, 4) is 0 Å². The average molecular weight is 276 g/mol. The molecule has 2 fully saturated rings. The molecular weight excluding hydrogens is 256 g/mol. The molecule has 2 heterocycles. The zero-order valence-electron chi connectivity index (χ0n) is 11.5. The van der Waals surface area contributed by atoms with Crippen LogP contribution >= 0.6 is 12.2 Å². The monoisotopic (exact) mass is 276 g/mol. The third kappa shape index (κ3) is 1.51. The summed E-state index contributed by atoms with van der Waals surface area (Å²) in [5.74, 6) is 1.76. The van der Waals surface area contributed by atoms with Crippen LogP contribution in [0.1, 0.15) is 44.3 Å². The van der Waals surface area contributed by atoms with E-state index in [-0.39, 0.29) is 0 Å². The Kier molecular flexibility index (Phi) is 2.43. The highest BCUT2D eigenvalue weighted by Crippen LogP contribution is 2.51. The Morgan fingerprint density at radius 3 is 2.84 bits per heavy atom. The van der Waals surface area contributed by atoms with Gasteiger partial charge in [0.2, 0.25) is 0 Å². The summed E-state index contributed by atoms with van der Waals surface area (Å²) in [7, 11) is 0. The molecule has 5 heteroatoms. The first-order valence-electron chi connectivity index (χ1n) is 7.36. The second kappa shape index (κ2) is 3.95. The molecule has 19 heavy (non-hydrogen) atoms. The molecule has 4 nitrogen and oxygen atoms in total. The minimum Gasteiger partial charge on any atom is -0.328 e. The van der Waals surface area contributed by atoms with E-state index in [2.05, 4.69) is 33.2 Å². The Morgan fingerprint density at radius 2 is 2.21 bits per heavy atom. The highest BCUT2D eigenvalue weighted by atomic mass is 32.1. The van der Waals surface area contributed by atoms with Gasteiger partial charge in [0, 0.05) is 12.6 Å². The molecule has 0 spiro atoms. The second-order valence-corrected chi connectivity index (χ2v) is 6.53. The first-order chi connectivity index (χ1) is 9.19. The van der Waals surface area contributed by atoms with E-state index in [0.29, 0.717) is 6.04 Å². The maximum Gasteiger partial charge on any atom is 0.179 e. The Bertz CT molecular complexity index is 692. The molecule has 2 bridgehead atoms. The summed E-state index contributed by atoms with van der Waals surface area (Å²) in [6.07, 6.45) is 5.51. The quantitative estimate of drug-likeness (QED) is 0.851. The maximum atomic E-state index is 5.59. The predicted molar refractivity (Wildman–Crippen MR) is 77.8 cm³/mol. The number of hydrogen-bond acceptors (Lipinski definition) is 2. The molecule has 3 atom stereocenters. The number of aromatic nitrogens is 4. The summed E-state index contributed by atoms with van der Waals surface area (Å²) >= 11 is 5.59. The van der Waals surface area contributed by atoms with Gasteiger partial charge in [-0.15, -0.1) is 0 Å². The number of rotatable bonds is 2. The van der Waals surface area contributed by atoms with Crippen molar-refractivity contribution in [2.45, 2.75) is 52.1 Å². The van der Waals surface area contributed by atoms with Crippen molar-refractivity contribution in [2.24, 2.45) is 11.8 Å². The number of imidazole rings is 1. The number of nitrogens with one attached hydrogen (secondary N) is 1. The molecule has 2 aliphatic rings. The lowest BCUT2D eigenvalue weighted by atomic mass is 9.95. The molecule has 2 aromatic rings. The third-order valence-electron chi connectivity index (χ3n) is 5.11. The first-order valence-corrected chi connectivity index (χ1v) is 7.77. The first kappa shape index (κ1) is 11.7. The molecule has 102 valence electrons. The number of aromatic amines is 1. The van der Waals surface area contributed by atoms with E-state index in [1.54, 1.807) is 0 Å². The lowest BCUT2D eigenvalue weighted by molar-refractivity contribution is 0.330. The molecule has 0 amide bonds. The van der Waals surface area contributed by atoms with Crippen LogP contribution in [-0.4, -0.2) is 19.3 Å². The Balaban J connectivity index is 1.93. The largest absolute Gasteiger partial charge is 0.328 e. The number of H-pyrrole nitrogens is 1. The van der Waals surface area contributed by atoms with Gasteiger partial charge in [-0.05, 0) is 57.2 Å². The average Bonchev–Trinajstić information content (AvgIpc) is 3.11. The van der Waals surface area contributed by atoms with Gasteiger partial charge >= 0.3 is 0 Å². The van der Waals surface area contributed by atoms with E-state index in [4.69, 9.17) is 12.2 Å². The van der Waals surface area contributed by atoms with Gasteiger partial charge < -0.3 is 4.98 Å². The van der Waals surface area contributed by atoms with Crippen LogP contribution in [0.5, 0.6) is 0 Å². The van der Waals surface area contributed by atoms with Gasteiger partial charge in [0.15, 0.2) is 10.4 Å². The van der Waals surface area contributed by atoms with E-state index < -0.39 is 0 Å². The zero-order chi connectivity index (χ0) is 13.1. The van der Waals surface area contributed by atoms with Crippen molar-refractivity contribution in [2.75, 3.05) is 0 Å². The lowest BCUT2D eigenvalue weighted by Crippen LogP contribution is -2.18. The molecule has 0 saturated heterocycles. The fourth-order valence-corrected chi connectivity index (χ4v) is 4.60. The van der Waals surface area contributed by atoms with Crippen LogP contribution < -0.4 is 0 Å². The Morgan fingerprint density at radius 1 is 1.37 bits per heavy atom. The van der Waals surface area contributed by atoms with Gasteiger partial charge in [0.25, 0.3) is 0 Å². The van der Waals surface area contributed by atoms with E-state index in [9.17, 15) is 0 Å². The molecule has 4 rings (SSSR count). The highest BCUT2D eigenvalue weighted by Gasteiger charge is 2.41. The van der Waals surface area contributed by atoms with Crippen LogP contribution in [0.2, 0.25) is 0 Å². The minimum atomic E-state index is 0.599. The van der Waals surface area contributed by atoms with Crippen LogP contribution in [-0.2, 0) is 6.54 Å². The van der Waals surface area contributed by atoms with Crippen LogP contribution in [0.15, 0.2) is 0 Å². The molecule has 3 unspecified atom stereocenters. The van der Waals surface area contributed by atoms with Gasteiger partial charge in [0.1, 0.15) is 5.52 Å². The number of fused-ring (bicyclic) bond motifs is 3. The third-order valence-corrected chi connectivity index (χ3v) is 5.41. The zero-order valence-corrected chi connectivity index (χ0v) is 12.3. The predicted octanol–water partition coefficient (Wildman–Crippen LogP) is 3.58. The molecule has 0 aliphatic heterocycles. The van der Waals surface area contributed by atoms with Gasteiger partial charge in [-0.25, -0.2) is 4.68 Å². The summed E-state index contributed by atoms with van der Waals surface area (Å²) < 4.78 is 5.36. The van der Waals surface area contributed by atoms with E-state index in [0.717, 1.165) is 34.4 Å². The van der Waals surface area contributed by atoms with E-state index in [1.807, 2.05) is 0 Å². The molecule has 0 radical (unpaired) electrons. The number of hydrogen-bond donors (Lipinski definition) is 1. The Labute approximate surface area is 117 Å². The SMILES string of the molecule is CCn1nc(C)c2[nH]c(=S)n(C3CC4CCC3C4)c21. The molecule has 2 saturated carbocycles. The van der Waals surface area contributed by atoms with Crippen LogP contribution in [0.25, 0.3) is 11.2 Å². The standard InChI is InChI=1S/C14H20N4S/c1-3-17-13-12(8(2)16-17)15-14(19)18(13)11-7-9-4-5-10(11)6-9/h9-11H,3-7H2,1-2H3,(H,15,19). The maximum absolute atomic E-state index is 5.59.